The molecule has 0 unspecified atom stereocenters. The fraction of sp³-hybridized carbons (Fsp3) is 0.167. The van der Waals surface area contributed by atoms with Gasteiger partial charge < -0.3 is 15.4 Å². The van der Waals surface area contributed by atoms with Gasteiger partial charge in [-0.15, -0.1) is 0 Å². The molecule has 0 saturated heterocycles. The van der Waals surface area contributed by atoms with Crippen LogP contribution in [0.15, 0.2) is 91.4 Å². The summed E-state index contributed by atoms with van der Waals surface area (Å²) in [6, 6.07) is 24.9. The van der Waals surface area contributed by atoms with Crippen molar-refractivity contribution in [1.29, 1.82) is 5.26 Å². The number of hydrogen-bond donors (Lipinski definition) is 3. The Morgan fingerprint density at radius 3 is 2.65 bits per heavy atom. The molecule has 7 nitrogen and oxygen atoms in total. The Morgan fingerprint density at radius 2 is 1.89 bits per heavy atom. The van der Waals surface area contributed by atoms with E-state index in [2.05, 4.69) is 21.5 Å². The lowest BCUT2D eigenvalue weighted by Gasteiger charge is -2.18. The molecule has 0 aliphatic heterocycles. The van der Waals surface area contributed by atoms with Crippen LogP contribution in [0.4, 0.5) is 0 Å². The number of rotatable bonds is 10. The second-order valence-electron chi connectivity index (χ2n) is 8.90. The number of carbonyl (C=O) groups excluding carboxylic acids is 1. The summed E-state index contributed by atoms with van der Waals surface area (Å²) in [5.41, 5.74) is 6.09. The van der Waals surface area contributed by atoms with Crippen molar-refractivity contribution in [2.45, 2.75) is 19.0 Å². The molecular weight excluding hydrogens is 462 g/mol. The number of nitriles is 1. The van der Waals surface area contributed by atoms with E-state index < -0.39 is 6.04 Å². The molecule has 2 heterocycles. The van der Waals surface area contributed by atoms with Crippen LogP contribution in [-0.2, 0) is 13.0 Å². The molecule has 0 radical (unpaired) electrons. The fourth-order valence-electron chi connectivity index (χ4n) is 4.52. The molecular formula is C30H27N5O2. The third-order valence-corrected chi connectivity index (χ3v) is 6.48. The van der Waals surface area contributed by atoms with Gasteiger partial charge in [-0.3, -0.25) is 9.48 Å². The Hall–Kier alpha value is -4.51. The zero-order valence-corrected chi connectivity index (χ0v) is 20.3. The van der Waals surface area contributed by atoms with Crippen molar-refractivity contribution in [2.75, 3.05) is 13.2 Å². The highest BCUT2D eigenvalue weighted by atomic mass is 16.3. The van der Waals surface area contributed by atoms with E-state index in [1.807, 2.05) is 79.0 Å². The third-order valence-electron chi connectivity index (χ3n) is 6.48. The Bertz CT molecular complexity index is 1540. The topological polar surface area (TPSA) is 107 Å². The number of aliphatic hydroxyl groups excluding tert-OH is 1. The van der Waals surface area contributed by atoms with Crippen molar-refractivity contribution in [3.63, 3.8) is 0 Å². The monoisotopic (exact) mass is 489 g/mol. The predicted molar refractivity (Wildman–Crippen MR) is 143 cm³/mol. The van der Waals surface area contributed by atoms with Crippen molar-refractivity contribution >= 4 is 16.7 Å². The second kappa shape index (κ2) is 11.0. The van der Waals surface area contributed by atoms with Crippen LogP contribution in [0.2, 0.25) is 0 Å². The van der Waals surface area contributed by atoms with Crippen molar-refractivity contribution in [2.24, 2.45) is 0 Å². The van der Waals surface area contributed by atoms with Crippen molar-refractivity contribution < 1.29 is 9.90 Å². The highest BCUT2D eigenvalue weighted by Crippen LogP contribution is 2.29. The summed E-state index contributed by atoms with van der Waals surface area (Å²) < 4.78 is 1.71. The lowest BCUT2D eigenvalue weighted by atomic mass is 9.96. The number of H-pyrrole nitrogens is 1. The normalized spacial score (nSPS) is 11.9. The molecule has 5 rings (SSSR count). The lowest BCUT2D eigenvalue weighted by Crippen LogP contribution is -2.30. The van der Waals surface area contributed by atoms with E-state index in [-0.39, 0.29) is 12.4 Å². The number of fused-ring (bicyclic) bond motifs is 1. The number of nitrogens with one attached hydrogen (secondary N) is 2. The maximum absolute atomic E-state index is 13.8. The number of aliphatic hydroxyl groups is 1. The number of aromatic nitrogens is 3. The predicted octanol–water partition coefficient (Wildman–Crippen LogP) is 4.65. The van der Waals surface area contributed by atoms with Gasteiger partial charge >= 0.3 is 0 Å². The molecule has 0 aliphatic rings. The first-order valence-electron chi connectivity index (χ1n) is 12.2. The van der Waals surface area contributed by atoms with Crippen molar-refractivity contribution in [3.8, 4) is 17.2 Å². The number of carbonyl (C=O) groups is 1. The van der Waals surface area contributed by atoms with Crippen LogP contribution < -0.4 is 5.32 Å². The van der Waals surface area contributed by atoms with Crippen LogP contribution in [0.25, 0.3) is 22.0 Å². The molecule has 0 fully saturated rings. The quantitative estimate of drug-likeness (QED) is 0.248. The summed E-state index contributed by atoms with van der Waals surface area (Å²) in [4.78, 5) is 17.1. The first-order valence-corrected chi connectivity index (χ1v) is 12.2. The summed E-state index contributed by atoms with van der Waals surface area (Å²) in [5, 5.41) is 26.8. The van der Waals surface area contributed by atoms with E-state index in [0.29, 0.717) is 24.2 Å². The molecule has 184 valence electrons. The lowest BCUT2D eigenvalue weighted by molar-refractivity contribution is 0.0945. The first-order chi connectivity index (χ1) is 18.2. The second-order valence-corrected chi connectivity index (χ2v) is 8.90. The smallest absolute Gasteiger partial charge is 0.186 e. The molecule has 0 saturated carbocycles. The maximum Gasteiger partial charge on any atom is 0.186 e. The standard InChI is InChI=1S/C30H27N5O2/c31-17-22-8-6-21(7-9-22)12-13-32-29(23-4-2-1-3-5-23)30(37)27-19-33-28-16-24(10-11-26(27)28)25-18-34-35(20-25)14-15-36/h1-11,16,18-20,29,32-33,36H,12-15H2/t29-/m0/s1. The third kappa shape index (κ3) is 5.36. The summed E-state index contributed by atoms with van der Waals surface area (Å²) in [6.45, 7) is 1.09. The largest absolute Gasteiger partial charge is 0.394 e. The number of hydrogen-bond acceptors (Lipinski definition) is 5. The molecule has 3 N–H and O–H groups in total. The van der Waals surface area contributed by atoms with Crippen LogP contribution in [0.3, 0.4) is 0 Å². The molecule has 0 bridgehead atoms. The zero-order valence-electron chi connectivity index (χ0n) is 20.3. The number of benzene rings is 3. The Kier molecular flexibility index (Phi) is 7.22. The average molecular weight is 490 g/mol. The SMILES string of the molecule is N#Cc1ccc(CCN[C@H](C(=O)c2c[nH]c3cc(-c4cnn(CCO)c4)ccc23)c2ccccc2)cc1. The van der Waals surface area contributed by atoms with Crippen LogP contribution >= 0.6 is 0 Å². The van der Waals surface area contributed by atoms with Gasteiger partial charge in [-0.1, -0.05) is 54.6 Å². The van der Waals surface area contributed by atoms with Gasteiger partial charge in [0.25, 0.3) is 0 Å². The molecule has 3 aromatic carbocycles. The van der Waals surface area contributed by atoms with Gasteiger partial charge in [0.05, 0.1) is 37.0 Å². The molecule has 0 aliphatic carbocycles. The van der Waals surface area contributed by atoms with Gasteiger partial charge in [-0.05, 0) is 41.3 Å². The number of Topliss-reactive ketones (excluding diaryl/α,β-unsaturated/α-hetero) is 1. The van der Waals surface area contributed by atoms with Gasteiger partial charge in [0.15, 0.2) is 5.78 Å². The summed E-state index contributed by atoms with van der Waals surface area (Å²) in [6.07, 6.45) is 6.19. The summed E-state index contributed by atoms with van der Waals surface area (Å²) in [5.74, 6) is 0.000735. The van der Waals surface area contributed by atoms with Gasteiger partial charge in [-0.25, -0.2) is 0 Å². The molecule has 0 spiro atoms. The average Bonchev–Trinajstić information content (AvgIpc) is 3.59. The van der Waals surface area contributed by atoms with Crippen molar-refractivity contribution in [1.82, 2.24) is 20.1 Å². The fourth-order valence-corrected chi connectivity index (χ4v) is 4.52. The highest BCUT2D eigenvalue weighted by molar-refractivity contribution is 6.11. The molecule has 7 heteroatoms. The first kappa shape index (κ1) is 24.2. The summed E-state index contributed by atoms with van der Waals surface area (Å²) >= 11 is 0. The van der Waals surface area contributed by atoms with E-state index in [0.717, 1.165) is 39.6 Å². The highest BCUT2D eigenvalue weighted by Gasteiger charge is 2.24. The van der Waals surface area contributed by atoms with Crippen LogP contribution in [0.1, 0.15) is 33.1 Å². The van der Waals surface area contributed by atoms with Crippen LogP contribution in [0, 0.1) is 11.3 Å². The van der Waals surface area contributed by atoms with Gasteiger partial charge in [0, 0.05) is 41.0 Å². The van der Waals surface area contributed by atoms with E-state index in [4.69, 9.17) is 10.4 Å². The Morgan fingerprint density at radius 1 is 1.08 bits per heavy atom. The minimum absolute atomic E-state index is 0.000735. The molecule has 5 aromatic rings. The van der Waals surface area contributed by atoms with E-state index in [1.54, 1.807) is 17.1 Å². The number of nitrogens with zero attached hydrogens (tertiary/aromatic N) is 3. The molecule has 0 amide bonds. The zero-order chi connectivity index (χ0) is 25.6. The Labute approximate surface area is 215 Å². The maximum atomic E-state index is 13.8. The van der Waals surface area contributed by atoms with Gasteiger partial charge in [0.1, 0.15) is 0 Å². The molecule has 37 heavy (non-hydrogen) atoms. The van der Waals surface area contributed by atoms with Crippen LogP contribution in [0.5, 0.6) is 0 Å². The van der Waals surface area contributed by atoms with Gasteiger partial charge in [-0.2, -0.15) is 10.4 Å². The number of aromatic amines is 1. The van der Waals surface area contributed by atoms with E-state index >= 15 is 0 Å². The molecule has 2 aromatic heterocycles. The van der Waals surface area contributed by atoms with E-state index in [1.165, 1.54) is 0 Å². The van der Waals surface area contributed by atoms with Crippen LogP contribution in [-0.4, -0.2) is 38.8 Å². The minimum Gasteiger partial charge on any atom is -0.394 e. The van der Waals surface area contributed by atoms with E-state index in [9.17, 15) is 4.79 Å². The van der Waals surface area contributed by atoms with Gasteiger partial charge in [0.2, 0.25) is 0 Å². The molecule has 1 atom stereocenters. The summed E-state index contributed by atoms with van der Waals surface area (Å²) in [7, 11) is 0. The Balaban J connectivity index is 1.37. The number of ketones is 1. The minimum atomic E-state index is -0.491. The van der Waals surface area contributed by atoms with Crippen molar-refractivity contribution in [3.05, 3.63) is 114 Å².